The van der Waals surface area contributed by atoms with Crippen molar-refractivity contribution >= 4 is 0 Å². The second kappa shape index (κ2) is 3.34. The van der Waals surface area contributed by atoms with E-state index in [0.29, 0.717) is 12.8 Å². The summed E-state index contributed by atoms with van der Waals surface area (Å²) < 4.78 is 36.7. The summed E-state index contributed by atoms with van der Waals surface area (Å²) in [4.78, 5) is 3.03. The zero-order valence-corrected chi connectivity index (χ0v) is 6.56. The molecular weight excluding hydrogens is 167 g/mol. The molecule has 0 aromatic heterocycles. The van der Waals surface area contributed by atoms with Crippen molar-refractivity contribution in [2.45, 2.75) is 37.9 Å². The predicted octanol–water partition coefficient (Wildman–Crippen LogP) is 3.03. The first-order chi connectivity index (χ1) is 5.55. The normalized spacial score (nSPS) is 31.2. The molecule has 68 valence electrons. The van der Waals surface area contributed by atoms with E-state index in [9.17, 15) is 13.2 Å². The molecule has 4 heteroatoms. The third-order valence-electron chi connectivity index (χ3n) is 2.32. The zero-order valence-electron chi connectivity index (χ0n) is 6.56. The first-order valence-corrected chi connectivity index (χ1v) is 3.99. The monoisotopic (exact) mass is 177 g/mol. The molecule has 1 fully saturated rings. The first-order valence-electron chi connectivity index (χ1n) is 3.99. The molecule has 1 rings (SSSR count). The highest BCUT2D eigenvalue weighted by Crippen LogP contribution is 2.39. The molecular formula is C8H10F3N. The quantitative estimate of drug-likeness (QED) is 0.501. The van der Waals surface area contributed by atoms with Crippen LogP contribution in [0.2, 0.25) is 0 Å². The lowest BCUT2D eigenvalue weighted by Crippen LogP contribution is -2.34. The molecule has 1 aliphatic rings. The topological polar surface area (TPSA) is 4.36 Å². The Morgan fingerprint density at radius 3 is 2.17 bits per heavy atom. The average molecular weight is 177 g/mol. The van der Waals surface area contributed by atoms with Gasteiger partial charge in [0.2, 0.25) is 6.04 Å². The molecule has 1 aliphatic carbocycles. The molecule has 0 heterocycles. The third kappa shape index (κ3) is 1.90. The molecule has 0 radical (unpaired) electrons. The molecule has 0 aromatic carbocycles. The maximum Gasteiger partial charge on any atom is 0.399 e. The maximum absolute atomic E-state index is 12.2. The van der Waals surface area contributed by atoms with Crippen LogP contribution in [0.4, 0.5) is 13.2 Å². The van der Waals surface area contributed by atoms with Gasteiger partial charge in [0.1, 0.15) is 5.92 Å². The second-order valence-corrected chi connectivity index (χ2v) is 3.13. The fraction of sp³-hybridized carbons (Fsp3) is 0.875. The van der Waals surface area contributed by atoms with Crippen LogP contribution in [0, 0.1) is 12.5 Å². The Kier molecular flexibility index (Phi) is 2.61. The molecule has 12 heavy (non-hydrogen) atoms. The molecule has 1 saturated carbocycles. The van der Waals surface area contributed by atoms with E-state index in [4.69, 9.17) is 6.57 Å². The highest BCUT2D eigenvalue weighted by molar-refractivity contribution is 4.92. The van der Waals surface area contributed by atoms with Crippen LogP contribution in [0.1, 0.15) is 25.7 Å². The van der Waals surface area contributed by atoms with Gasteiger partial charge < -0.3 is 4.85 Å². The van der Waals surface area contributed by atoms with E-state index in [-0.39, 0.29) is 6.42 Å². The lowest BCUT2D eigenvalue weighted by atomic mass is 9.84. The lowest BCUT2D eigenvalue weighted by molar-refractivity contribution is -0.183. The fourth-order valence-electron chi connectivity index (χ4n) is 1.65. The van der Waals surface area contributed by atoms with Crippen molar-refractivity contribution < 1.29 is 13.2 Å². The Morgan fingerprint density at radius 1 is 1.17 bits per heavy atom. The van der Waals surface area contributed by atoms with Crippen molar-refractivity contribution in [1.82, 2.24) is 0 Å². The summed E-state index contributed by atoms with van der Waals surface area (Å²) in [6.07, 6.45) is -2.25. The Balaban J connectivity index is 2.67. The fourth-order valence-corrected chi connectivity index (χ4v) is 1.65. The summed E-state index contributed by atoms with van der Waals surface area (Å²) in [5.74, 6) is -1.37. The molecule has 0 bridgehead atoms. The van der Waals surface area contributed by atoms with Crippen LogP contribution in [0.5, 0.6) is 0 Å². The van der Waals surface area contributed by atoms with E-state index in [2.05, 4.69) is 4.85 Å². The lowest BCUT2D eigenvalue weighted by Gasteiger charge is -2.24. The van der Waals surface area contributed by atoms with Gasteiger partial charge in [0, 0.05) is 6.42 Å². The molecule has 0 aromatic rings. The minimum Gasteiger partial charge on any atom is -0.313 e. The van der Waals surface area contributed by atoms with Gasteiger partial charge in [-0.3, -0.25) is 0 Å². The van der Waals surface area contributed by atoms with Gasteiger partial charge in [-0.25, -0.2) is 6.57 Å². The summed E-state index contributed by atoms with van der Waals surface area (Å²) in [5.41, 5.74) is 0. The molecule has 2 atom stereocenters. The Hall–Kier alpha value is -0.720. The molecule has 1 nitrogen and oxygen atoms in total. The highest BCUT2D eigenvalue weighted by Gasteiger charge is 2.49. The Bertz CT molecular complexity index is 191. The van der Waals surface area contributed by atoms with Crippen molar-refractivity contribution in [2.24, 2.45) is 5.92 Å². The maximum atomic E-state index is 12.2. The van der Waals surface area contributed by atoms with E-state index in [1.807, 2.05) is 0 Å². The van der Waals surface area contributed by atoms with E-state index >= 15 is 0 Å². The number of rotatable bonds is 0. The summed E-state index contributed by atoms with van der Waals surface area (Å²) >= 11 is 0. The van der Waals surface area contributed by atoms with Crippen molar-refractivity contribution in [1.29, 1.82) is 0 Å². The van der Waals surface area contributed by atoms with Gasteiger partial charge in [0.25, 0.3) is 0 Å². The van der Waals surface area contributed by atoms with Crippen LogP contribution in [-0.4, -0.2) is 12.2 Å². The minimum absolute atomic E-state index is 0.135. The van der Waals surface area contributed by atoms with Crippen LogP contribution in [0.25, 0.3) is 4.85 Å². The number of halogens is 3. The Labute approximate surface area is 69.4 Å². The van der Waals surface area contributed by atoms with Gasteiger partial charge in [-0.1, -0.05) is 6.42 Å². The summed E-state index contributed by atoms with van der Waals surface area (Å²) in [5, 5.41) is 0. The number of hydrogen-bond donors (Lipinski definition) is 0. The van der Waals surface area contributed by atoms with Crippen LogP contribution >= 0.6 is 0 Å². The van der Waals surface area contributed by atoms with Crippen LogP contribution in [-0.2, 0) is 0 Å². The van der Waals surface area contributed by atoms with E-state index in [0.717, 1.165) is 6.42 Å². The van der Waals surface area contributed by atoms with Crippen LogP contribution in [0.15, 0.2) is 0 Å². The molecule has 0 saturated heterocycles. The minimum atomic E-state index is -4.17. The third-order valence-corrected chi connectivity index (χ3v) is 2.32. The zero-order chi connectivity index (χ0) is 9.19. The highest BCUT2D eigenvalue weighted by atomic mass is 19.4. The summed E-state index contributed by atoms with van der Waals surface area (Å²) in [6.45, 7) is 6.63. The van der Waals surface area contributed by atoms with Gasteiger partial charge in [-0.05, 0) is 12.8 Å². The summed E-state index contributed by atoms with van der Waals surface area (Å²) in [6, 6.07) is -0.821. The molecule has 0 N–H and O–H groups in total. The predicted molar refractivity (Wildman–Crippen MR) is 38.4 cm³/mol. The van der Waals surface area contributed by atoms with Crippen LogP contribution < -0.4 is 0 Å². The largest absolute Gasteiger partial charge is 0.399 e. The first kappa shape index (κ1) is 9.37. The SMILES string of the molecule is [C-]#[N+]C1CCCCC1C(F)(F)F. The van der Waals surface area contributed by atoms with E-state index in [1.165, 1.54) is 0 Å². The van der Waals surface area contributed by atoms with Gasteiger partial charge in [-0.15, -0.1) is 0 Å². The van der Waals surface area contributed by atoms with E-state index in [1.54, 1.807) is 0 Å². The second-order valence-electron chi connectivity index (χ2n) is 3.13. The van der Waals surface area contributed by atoms with Crippen molar-refractivity contribution in [3.63, 3.8) is 0 Å². The summed E-state index contributed by atoms with van der Waals surface area (Å²) in [7, 11) is 0. The molecule has 0 spiro atoms. The van der Waals surface area contributed by atoms with Gasteiger partial charge in [0.15, 0.2) is 0 Å². The smallest absolute Gasteiger partial charge is 0.313 e. The van der Waals surface area contributed by atoms with Gasteiger partial charge >= 0.3 is 6.18 Å². The van der Waals surface area contributed by atoms with Crippen molar-refractivity contribution in [2.75, 3.05) is 0 Å². The molecule has 2 unspecified atom stereocenters. The molecule has 0 amide bonds. The van der Waals surface area contributed by atoms with Gasteiger partial charge in [-0.2, -0.15) is 13.2 Å². The van der Waals surface area contributed by atoms with Gasteiger partial charge in [0.05, 0.1) is 0 Å². The number of alkyl halides is 3. The van der Waals surface area contributed by atoms with E-state index < -0.39 is 18.1 Å². The number of hydrogen-bond acceptors (Lipinski definition) is 0. The number of nitrogens with zero attached hydrogens (tertiary/aromatic N) is 1. The standard InChI is InChI=1S/C8H10F3N/c1-12-7-5-3-2-4-6(7)8(9,10)11/h6-7H,2-5H2. The Morgan fingerprint density at radius 2 is 1.75 bits per heavy atom. The van der Waals surface area contributed by atoms with Crippen LogP contribution in [0.3, 0.4) is 0 Å². The van der Waals surface area contributed by atoms with Crippen molar-refractivity contribution in [3.05, 3.63) is 11.4 Å². The molecule has 0 aliphatic heterocycles. The average Bonchev–Trinajstić information content (AvgIpc) is 2.03. The van der Waals surface area contributed by atoms with Crippen molar-refractivity contribution in [3.8, 4) is 0 Å².